The summed E-state index contributed by atoms with van der Waals surface area (Å²) in [6.07, 6.45) is 1.22. The maximum atomic E-state index is 10.6. The summed E-state index contributed by atoms with van der Waals surface area (Å²) in [5.41, 5.74) is 0. The van der Waals surface area contributed by atoms with E-state index in [1.165, 1.54) is 0 Å². The Labute approximate surface area is 154 Å². The van der Waals surface area contributed by atoms with Crippen LogP contribution in [-0.2, 0) is 23.4 Å². The van der Waals surface area contributed by atoms with Crippen molar-refractivity contribution in [2.75, 3.05) is 54.3 Å². The molecule has 0 aliphatic carbocycles. The van der Waals surface area contributed by atoms with Crippen LogP contribution in [0.2, 0.25) is 6.04 Å². The molecular formula is C13H40BFNO6SSi. The molecule has 0 bridgehead atoms. The molecule has 0 aliphatic rings. The number of hydrogen-bond acceptors (Lipinski definition) is 6. The molecule has 0 amide bonds. The Morgan fingerprint density at radius 1 is 1.00 bits per heavy atom. The predicted molar refractivity (Wildman–Crippen MR) is 103 cm³/mol. The van der Waals surface area contributed by atoms with Crippen molar-refractivity contribution in [3.63, 3.8) is 0 Å². The maximum Gasteiger partial charge on any atom is 0.500 e. The van der Waals surface area contributed by atoms with Gasteiger partial charge in [0.1, 0.15) is 0 Å². The Balaban J connectivity index is -0.000000120. The molecule has 24 heavy (non-hydrogen) atoms. The first kappa shape index (κ1) is 35.1. The molecule has 3 radical (unpaired) electrons. The highest BCUT2D eigenvalue weighted by Crippen LogP contribution is 2.16. The predicted octanol–water partition coefficient (Wildman–Crippen LogP) is 1.80. The Morgan fingerprint density at radius 2 is 1.38 bits per heavy atom. The highest BCUT2D eigenvalue weighted by atomic mass is 32.2. The van der Waals surface area contributed by atoms with E-state index >= 15 is 0 Å². The second-order valence-electron chi connectivity index (χ2n) is 5.40. The van der Waals surface area contributed by atoms with Gasteiger partial charge < -0.3 is 22.3 Å². The molecule has 153 valence electrons. The summed E-state index contributed by atoms with van der Waals surface area (Å²) >= 11 is 0. The minimum Gasteiger partial charge on any atom is -0.748 e. The summed E-state index contributed by atoms with van der Waals surface area (Å²) < 4.78 is 48.4. The van der Waals surface area contributed by atoms with Gasteiger partial charge in [-0.1, -0.05) is 14.9 Å². The van der Waals surface area contributed by atoms with E-state index in [9.17, 15) is 13.0 Å². The summed E-state index contributed by atoms with van der Waals surface area (Å²) in [5.74, 6) is -0.304. The van der Waals surface area contributed by atoms with Crippen LogP contribution in [0.3, 0.4) is 0 Å². The summed E-state index contributed by atoms with van der Waals surface area (Å²) in [6, 6.07) is 0.706. The minimum absolute atomic E-state index is 0. The monoisotopic (exact) mass is 398 g/mol. The van der Waals surface area contributed by atoms with Gasteiger partial charge >= 0.3 is 8.80 Å². The van der Waals surface area contributed by atoms with E-state index in [0.29, 0.717) is 23.5 Å². The van der Waals surface area contributed by atoms with E-state index in [1.54, 1.807) is 21.3 Å². The Morgan fingerprint density at radius 3 is 1.71 bits per heavy atom. The molecule has 0 fully saturated rings. The lowest BCUT2D eigenvalue weighted by molar-refractivity contribution is -0.890. The van der Waals surface area contributed by atoms with Crippen LogP contribution in [0.5, 0.6) is 0 Å². The SMILES string of the molecule is C.C.CO[Si](CCC[N+](C)(C)CCCS(=O)(=O)[O-])(OC)OC.F.[2HH].[2HH].[B]. The van der Waals surface area contributed by atoms with Gasteiger partial charge in [-0.15, -0.1) is 0 Å². The number of nitrogens with zero attached hydrogens (tertiary/aromatic N) is 1. The van der Waals surface area contributed by atoms with Crippen molar-refractivity contribution in [1.82, 2.24) is 0 Å². The number of rotatable bonds is 11. The summed E-state index contributed by atoms with van der Waals surface area (Å²) in [5, 5.41) is 0. The van der Waals surface area contributed by atoms with Crippen LogP contribution in [0.25, 0.3) is 0 Å². The zero-order chi connectivity index (χ0) is 15.9. The molecule has 0 atom stereocenters. The topological polar surface area (TPSA) is 84.9 Å². The zero-order valence-electron chi connectivity index (χ0n) is 14.0. The molecule has 0 aromatic heterocycles. The molecule has 0 aromatic rings. The van der Waals surface area contributed by atoms with Gasteiger partial charge in [-0.05, 0) is 0 Å². The number of halogens is 1. The lowest BCUT2D eigenvalue weighted by atomic mass is 10.3. The van der Waals surface area contributed by atoms with Crippen molar-refractivity contribution in [2.24, 2.45) is 0 Å². The van der Waals surface area contributed by atoms with Gasteiger partial charge in [0.2, 0.25) is 0 Å². The highest BCUT2D eigenvalue weighted by molar-refractivity contribution is 7.85. The molecule has 0 heterocycles. The van der Waals surface area contributed by atoms with Gasteiger partial charge in [-0.2, -0.15) is 0 Å². The quantitative estimate of drug-likeness (QED) is 0.300. The third-order valence-electron chi connectivity index (χ3n) is 3.34. The summed E-state index contributed by atoms with van der Waals surface area (Å²) in [7, 11) is 2.11. The molecule has 0 N–H and O–H groups in total. The average Bonchev–Trinajstić information content (AvgIpc) is 2.33. The lowest BCUT2D eigenvalue weighted by Gasteiger charge is -2.31. The Kier molecular flexibility index (Phi) is 22.3. The van der Waals surface area contributed by atoms with Crippen molar-refractivity contribution in [1.29, 1.82) is 0 Å². The Bertz CT molecular complexity index is 385. The van der Waals surface area contributed by atoms with Crippen LogP contribution in [0.1, 0.15) is 30.5 Å². The van der Waals surface area contributed by atoms with Crippen LogP contribution in [0.15, 0.2) is 0 Å². The van der Waals surface area contributed by atoms with E-state index in [-0.39, 0.29) is 36.6 Å². The molecule has 0 unspecified atom stereocenters. The van der Waals surface area contributed by atoms with E-state index in [4.69, 9.17) is 13.3 Å². The van der Waals surface area contributed by atoms with Crippen molar-refractivity contribution >= 4 is 27.3 Å². The lowest BCUT2D eigenvalue weighted by Crippen LogP contribution is -2.46. The maximum absolute atomic E-state index is 10.6. The standard InChI is InChI=1S/C11H27NO6SSi.2CH4.B.FH.2H2/c1-12(2,8-6-10-19(13,14)15)9-7-11-20(16-3,17-4)18-5;;;;;;/h6-11H2,1-5H3;2*1H4;;3*1H/i;;;;;2*1+1. The van der Waals surface area contributed by atoms with E-state index in [0.717, 1.165) is 13.0 Å². The third-order valence-corrected chi connectivity index (χ3v) is 6.96. The first-order valence-electron chi connectivity index (χ1n) is 6.51. The van der Waals surface area contributed by atoms with Gasteiger partial charge in [-0.25, -0.2) is 8.42 Å². The fourth-order valence-electron chi connectivity index (χ4n) is 2.06. The fraction of sp³-hybridized carbons (Fsp3) is 1.00. The van der Waals surface area contributed by atoms with E-state index < -0.39 is 18.9 Å². The number of hydrogen-bond donors (Lipinski definition) is 0. The van der Waals surface area contributed by atoms with Crippen LogP contribution < -0.4 is 0 Å². The second-order valence-corrected chi connectivity index (χ2v) is 10.0. The second kappa shape index (κ2) is 15.2. The molecule has 0 saturated carbocycles. The first-order chi connectivity index (χ1) is 9.10. The molecule has 0 spiro atoms. The van der Waals surface area contributed by atoms with E-state index in [2.05, 4.69) is 0 Å². The zero-order valence-corrected chi connectivity index (χ0v) is 15.8. The van der Waals surface area contributed by atoms with Gasteiger partial charge in [0, 0.05) is 57.2 Å². The smallest absolute Gasteiger partial charge is 0.500 e. The molecule has 0 saturated heterocycles. The molecule has 7 nitrogen and oxygen atoms in total. The highest BCUT2D eigenvalue weighted by Gasteiger charge is 2.37. The van der Waals surface area contributed by atoms with Crippen LogP contribution >= 0.6 is 0 Å². The minimum atomic E-state index is -4.12. The van der Waals surface area contributed by atoms with Gasteiger partial charge in [0.25, 0.3) is 0 Å². The number of quaternary nitrogens is 1. The van der Waals surface area contributed by atoms with Crippen LogP contribution in [0.4, 0.5) is 4.70 Å². The van der Waals surface area contributed by atoms with E-state index in [1.807, 2.05) is 14.1 Å². The van der Waals surface area contributed by atoms with Crippen LogP contribution in [0, 0.1) is 0 Å². The summed E-state index contributed by atoms with van der Waals surface area (Å²) in [4.78, 5) is 0. The normalized spacial score (nSPS) is 11.4. The molecule has 0 rings (SSSR count). The molecule has 0 aliphatic heterocycles. The third kappa shape index (κ3) is 15.5. The van der Waals surface area contributed by atoms with Gasteiger partial charge in [0.15, 0.2) is 0 Å². The Hall–Kier alpha value is -0.0382. The summed E-state index contributed by atoms with van der Waals surface area (Å²) in [6.45, 7) is 1.48. The van der Waals surface area contributed by atoms with Crippen molar-refractivity contribution in [3.8, 4) is 0 Å². The van der Waals surface area contributed by atoms with Gasteiger partial charge in [-0.3, -0.25) is 4.70 Å². The first-order valence-corrected chi connectivity index (χ1v) is 10.0. The molecule has 0 aromatic carbocycles. The van der Waals surface area contributed by atoms with Crippen molar-refractivity contribution < 1.29 is 38.3 Å². The van der Waals surface area contributed by atoms with Gasteiger partial charge in [0.05, 0.1) is 37.3 Å². The fourth-order valence-corrected chi connectivity index (χ4v) is 4.25. The molecular weight excluding hydrogens is 356 g/mol. The molecule has 11 heteroatoms. The largest absolute Gasteiger partial charge is 0.748 e. The average molecular weight is 398 g/mol. The van der Waals surface area contributed by atoms with Crippen LogP contribution in [-0.4, -0.2) is 88.9 Å². The van der Waals surface area contributed by atoms with Crippen molar-refractivity contribution in [3.05, 3.63) is 0 Å². The van der Waals surface area contributed by atoms with Crippen molar-refractivity contribution in [2.45, 2.75) is 33.7 Å².